The van der Waals surface area contributed by atoms with Crippen LogP contribution in [0.5, 0.6) is 0 Å². The second-order valence-electron chi connectivity index (χ2n) is 4.10. The van der Waals surface area contributed by atoms with Crippen LogP contribution < -0.4 is 5.32 Å². The van der Waals surface area contributed by atoms with Crippen molar-refractivity contribution in [3.63, 3.8) is 0 Å². The summed E-state index contributed by atoms with van der Waals surface area (Å²) in [6.07, 6.45) is 1.84. The lowest BCUT2D eigenvalue weighted by Crippen LogP contribution is -2.13. The topological polar surface area (TPSA) is 60.9 Å². The summed E-state index contributed by atoms with van der Waals surface area (Å²) in [5, 5.41) is 19.3. The van der Waals surface area contributed by atoms with E-state index in [9.17, 15) is 0 Å². The van der Waals surface area contributed by atoms with Gasteiger partial charge < -0.3 is 10.4 Å². The summed E-state index contributed by atoms with van der Waals surface area (Å²) in [4.78, 5) is 0. The Kier molecular flexibility index (Phi) is 3.90. The maximum atomic E-state index is 9.04. The van der Waals surface area contributed by atoms with Gasteiger partial charge in [0.05, 0.1) is 12.8 Å². The smallest absolute Gasteiger partial charge is 0.0681 e. The first-order chi connectivity index (χ1) is 8.29. The lowest BCUT2D eigenvalue weighted by atomic mass is 10.1. The number of hydrogen-bond acceptors (Lipinski definition) is 3. The van der Waals surface area contributed by atoms with Crippen molar-refractivity contribution in [1.82, 2.24) is 15.5 Å². The number of aliphatic hydroxyl groups is 1. The van der Waals surface area contributed by atoms with E-state index in [-0.39, 0.29) is 6.61 Å². The van der Waals surface area contributed by atoms with E-state index >= 15 is 0 Å². The van der Waals surface area contributed by atoms with Crippen LogP contribution in [-0.2, 0) is 19.7 Å². The molecule has 2 rings (SSSR count). The fourth-order valence-corrected chi connectivity index (χ4v) is 1.73. The molecule has 3 N–H and O–H groups in total. The van der Waals surface area contributed by atoms with Crippen molar-refractivity contribution in [2.45, 2.75) is 26.6 Å². The maximum Gasteiger partial charge on any atom is 0.0681 e. The fourth-order valence-electron chi connectivity index (χ4n) is 1.73. The van der Waals surface area contributed by atoms with Crippen molar-refractivity contribution in [3.05, 3.63) is 52.8 Å². The average Bonchev–Trinajstić information content (AvgIpc) is 2.76. The number of hydrogen-bond donors (Lipinski definition) is 3. The number of aromatic amines is 1. The number of aromatic nitrogens is 2. The van der Waals surface area contributed by atoms with E-state index in [2.05, 4.69) is 15.5 Å². The minimum absolute atomic E-state index is 0.0919. The third-order valence-corrected chi connectivity index (χ3v) is 2.75. The minimum Gasteiger partial charge on any atom is -0.392 e. The number of nitrogens with one attached hydrogen (secondary N) is 2. The molecule has 0 atom stereocenters. The van der Waals surface area contributed by atoms with Gasteiger partial charge in [-0.3, -0.25) is 5.10 Å². The predicted octanol–water partition coefficient (Wildman–Crippen LogP) is 1.50. The van der Waals surface area contributed by atoms with E-state index < -0.39 is 0 Å². The number of benzene rings is 1. The molecule has 0 fully saturated rings. The van der Waals surface area contributed by atoms with Gasteiger partial charge in [-0.25, -0.2) is 0 Å². The van der Waals surface area contributed by atoms with E-state index in [4.69, 9.17) is 5.11 Å². The Morgan fingerprint density at radius 2 is 2.12 bits per heavy atom. The van der Waals surface area contributed by atoms with Crippen LogP contribution in [0.2, 0.25) is 0 Å². The second-order valence-corrected chi connectivity index (χ2v) is 4.10. The lowest BCUT2D eigenvalue weighted by molar-refractivity contribution is 0.281. The van der Waals surface area contributed by atoms with Gasteiger partial charge in [-0.1, -0.05) is 24.3 Å². The van der Waals surface area contributed by atoms with Gasteiger partial charge in [0.25, 0.3) is 0 Å². The van der Waals surface area contributed by atoms with Gasteiger partial charge in [-0.05, 0) is 18.1 Å². The van der Waals surface area contributed by atoms with Crippen LogP contribution in [-0.4, -0.2) is 15.3 Å². The van der Waals surface area contributed by atoms with Gasteiger partial charge >= 0.3 is 0 Å². The second kappa shape index (κ2) is 5.61. The molecule has 0 bridgehead atoms. The van der Waals surface area contributed by atoms with Crippen LogP contribution in [0.1, 0.15) is 22.4 Å². The summed E-state index contributed by atoms with van der Waals surface area (Å²) in [6.45, 7) is 3.69. The van der Waals surface area contributed by atoms with Crippen molar-refractivity contribution >= 4 is 0 Å². The molecule has 90 valence electrons. The fraction of sp³-hybridized carbons (Fsp3) is 0.308. The summed E-state index contributed by atoms with van der Waals surface area (Å²) >= 11 is 0. The summed E-state index contributed by atoms with van der Waals surface area (Å²) < 4.78 is 0. The number of H-pyrrole nitrogens is 1. The molecule has 0 saturated carbocycles. The number of aliphatic hydroxyl groups excluding tert-OH is 1. The number of rotatable bonds is 5. The first kappa shape index (κ1) is 11.8. The molecule has 1 aromatic heterocycles. The molecule has 1 aromatic carbocycles. The van der Waals surface area contributed by atoms with Gasteiger partial charge in [0.1, 0.15) is 0 Å². The normalized spacial score (nSPS) is 10.7. The van der Waals surface area contributed by atoms with Crippen molar-refractivity contribution in [2.75, 3.05) is 0 Å². The minimum atomic E-state index is 0.0919. The third kappa shape index (κ3) is 3.15. The third-order valence-electron chi connectivity index (χ3n) is 2.75. The highest BCUT2D eigenvalue weighted by molar-refractivity contribution is 5.23. The Labute approximate surface area is 101 Å². The Morgan fingerprint density at radius 1 is 1.29 bits per heavy atom. The standard InChI is InChI=1S/C13H17N3O/c1-10-13(8-15-16-10)7-14-6-11-3-2-4-12(5-11)9-17/h2-5,8,14,17H,6-7,9H2,1H3,(H,15,16). The molecule has 0 saturated heterocycles. The first-order valence-electron chi connectivity index (χ1n) is 5.68. The van der Waals surface area contributed by atoms with Crippen LogP contribution >= 0.6 is 0 Å². The largest absolute Gasteiger partial charge is 0.392 e. The highest BCUT2D eigenvalue weighted by atomic mass is 16.3. The highest BCUT2D eigenvalue weighted by Gasteiger charge is 2.00. The van der Waals surface area contributed by atoms with E-state index in [0.717, 1.165) is 24.3 Å². The maximum absolute atomic E-state index is 9.04. The predicted molar refractivity (Wildman–Crippen MR) is 66.2 cm³/mol. The van der Waals surface area contributed by atoms with Crippen molar-refractivity contribution in [3.8, 4) is 0 Å². The molecule has 0 unspecified atom stereocenters. The van der Waals surface area contributed by atoms with E-state index in [1.807, 2.05) is 37.4 Å². The van der Waals surface area contributed by atoms with E-state index in [1.165, 1.54) is 11.1 Å². The van der Waals surface area contributed by atoms with Crippen molar-refractivity contribution in [1.29, 1.82) is 0 Å². The molecule has 1 heterocycles. The van der Waals surface area contributed by atoms with Crippen LogP contribution in [0.15, 0.2) is 30.5 Å². The van der Waals surface area contributed by atoms with Gasteiger partial charge in [-0.2, -0.15) is 5.10 Å². The zero-order chi connectivity index (χ0) is 12.1. The zero-order valence-corrected chi connectivity index (χ0v) is 9.90. The molecule has 0 radical (unpaired) electrons. The van der Waals surface area contributed by atoms with E-state index in [1.54, 1.807) is 0 Å². The monoisotopic (exact) mass is 231 g/mol. The Morgan fingerprint density at radius 3 is 2.82 bits per heavy atom. The highest BCUT2D eigenvalue weighted by Crippen LogP contribution is 2.06. The van der Waals surface area contributed by atoms with Crippen molar-refractivity contribution < 1.29 is 5.11 Å². The molecule has 0 aliphatic carbocycles. The van der Waals surface area contributed by atoms with Crippen LogP contribution in [0, 0.1) is 6.92 Å². The summed E-state index contributed by atoms with van der Waals surface area (Å²) in [7, 11) is 0. The summed E-state index contributed by atoms with van der Waals surface area (Å²) in [5.74, 6) is 0. The molecular formula is C13H17N3O. The molecule has 0 aliphatic heterocycles. The molecular weight excluding hydrogens is 214 g/mol. The zero-order valence-electron chi connectivity index (χ0n) is 9.90. The number of nitrogens with zero attached hydrogens (tertiary/aromatic N) is 1. The number of aryl methyl sites for hydroxylation is 1. The molecule has 0 aliphatic rings. The Bertz CT molecular complexity index is 479. The van der Waals surface area contributed by atoms with Gasteiger partial charge in [0.2, 0.25) is 0 Å². The van der Waals surface area contributed by atoms with Crippen LogP contribution in [0.4, 0.5) is 0 Å². The molecule has 4 nitrogen and oxygen atoms in total. The van der Waals surface area contributed by atoms with E-state index in [0.29, 0.717) is 0 Å². The SMILES string of the molecule is Cc1[nH]ncc1CNCc1cccc(CO)c1. The molecule has 4 heteroatoms. The molecule has 0 amide bonds. The Hall–Kier alpha value is -1.65. The molecule has 0 spiro atoms. The molecule has 2 aromatic rings. The first-order valence-corrected chi connectivity index (χ1v) is 5.68. The van der Waals surface area contributed by atoms with Gasteiger partial charge in [-0.15, -0.1) is 0 Å². The van der Waals surface area contributed by atoms with Crippen LogP contribution in [0.25, 0.3) is 0 Å². The van der Waals surface area contributed by atoms with Gasteiger partial charge in [0.15, 0.2) is 0 Å². The lowest BCUT2D eigenvalue weighted by Gasteiger charge is -2.05. The quantitative estimate of drug-likeness (QED) is 0.731. The van der Waals surface area contributed by atoms with Crippen LogP contribution in [0.3, 0.4) is 0 Å². The average molecular weight is 231 g/mol. The summed E-state index contributed by atoms with van der Waals surface area (Å²) in [6, 6.07) is 7.94. The summed E-state index contributed by atoms with van der Waals surface area (Å²) in [5.41, 5.74) is 4.41. The van der Waals surface area contributed by atoms with Crippen molar-refractivity contribution in [2.24, 2.45) is 0 Å². The Balaban J connectivity index is 1.87. The molecule has 17 heavy (non-hydrogen) atoms. The van der Waals surface area contributed by atoms with Gasteiger partial charge in [0, 0.05) is 24.3 Å².